The zero-order chi connectivity index (χ0) is 19.7. The fraction of sp³-hybridized carbons (Fsp3) is 0.348. The predicted molar refractivity (Wildman–Crippen MR) is 111 cm³/mol. The average Bonchev–Trinajstić information content (AvgIpc) is 2.72. The van der Waals surface area contributed by atoms with Gasteiger partial charge in [-0.1, -0.05) is 19.8 Å². The summed E-state index contributed by atoms with van der Waals surface area (Å²) in [6.07, 6.45) is 5.04. The highest BCUT2D eigenvalue weighted by atomic mass is 16.4. The standard InChI is InChI=1S/C23H25NO4/c1-2-3-15-10-12-24(13-11-15)17-6-4-16(5-7-17)21-14-20(26)18-8-9-19(25)22(27)23(18)28-21/h4-9,14-15,25,27H,2-3,10-13H2,1H3. The van der Waals surface area contributed by atoms with E-state index >= 15 is 0 Å². The third kappa shape index (κ3) is 3.44. The quantitative estimate of drug-likeness (QED) is 0.632. The SMILES string of the molecule is CCCC1CCN(c2ccc(-c3cc(=O)c4ccc(O)c(O)c4o3)cc2)CC1. The first kappa shape index (κ1) is 18.4. The molecule has 0 saturated carbocycles. The lowest BCUT2D eigenvalue weighted by Crippen LogP contribution is -2.33. The van der Waals surface area contributed by atoms with Gasteiger partial charge in [0.1, 0.15) is 5.76 Å². The number of aromatic hydroxyl groups is 2. The average molecular weight is 379 g/mol. The lowest BCUT2D eigenvalue weighted by molar-refractivity contribution is 0.378. The highest BCUT2D eigenvalue weighted by molar-refractivity contribution is 5.86. The number of benzene rings is 2. The molecule has 0 bridgehead atoms. The first-order chi connectivity index (χ1) is 13.6. The van der Waals surface area contributed by atoms with Crippen molar-refractivity contribution < 1.29 is 14.6 Å². The molecule has 1 saturated heterocycles. The van der Waals surface area contributed by atoms with Gasteiger partial charge in [0.05, 0.1) is 5.39 Å². The van der Waals surface area contributed by atoms with Crippen molar-refractivity contribution in [3.8, 4) is 22.8 Å². The summed E-state index contributed by atoms with van der Waals surface area (Å²) in [7, 11) is 0. The van der Waals surface area contributed by atoms with E-state index in [-0.39, 0.29) is 22.1 Å². The van der Waals surface area contributed by atoms with E-state index in [1.807, 2.05) is 24.3 Å². The van der Waals surface area contributed by atoms with Crippen LogP contribution in [0.4, 0.5) is 5.69 Å². The summed E-state index contributed by atoms with van der Waals surface area (Å²) in [6, 6.07) is 12.1. The van der Waals surface area contributed by atoms with Gasteiger partial charge in [-0.2, -0.15) is 0 Å². The molecule has 3 aromatic rings. The number of phenolic OH excluding ortho intramolecular Hbond substituents is 2. The van der Waals surface area contributed by atoms with E-state index in [1.54, 1.807) is 0 Å². The lowest BCUT2D eigenvalue weighted by atomic mass is 9.92. The molecule has 0 aliphatic carbocycles. The Kier molecular flexibility index (Phi) is 4.99. The molecule has 1 aromatic heterocycles. The van der Waals surface area contributed by atoms with Crippen molar-refractivity contribution in [1.82, 2.24) is 0 Å². The van der Waals surface area contributed by atoms with E-state index in [0.717, 1.165) is 24.6 Å². The predicted octanol–water partition coefficient (Wildman–Crippen LogP) is 4.89. The Morgan fingerprint density at radius 1 is 1.07 bits per heavy atom. The van der Waals surface area contributed by atoms with Crippen molar-refractivity contribution in [3.63, 3.8) is 0 Å². The molecule has 2 heterocycles. The van der Waals surface area contributed by atoms with Crippen molar-refractivity contribution in [3.05, 3.63) is 52.7 Å². The summed E-state index contributed by atoms with van der Waals surface area (Å²) in [5.41, 5.74) is 1.67. The zero-order valence-corrected chi connectivity index (χ0v) is 16.0. The number of rotatable bonds is 4. The van der Waals surface area contributed by atoms with Crippen LogP contribution in [0.1, 0.15) is 32.6 Å². The molecule has 0 amide bonds. The first-order valence-corrected chi connectivity index (χ1v) is 9.91. The minimum absolute atomic E-state index is 0.00423. The molecular formula is C23H25NO4. The molecule has 0 unspecified atom stereocenters. The second-order valence-corrected chi connectivity index (χ2v) is 7.55. The van der Waals surface area contributed by atoms with Crippen LogP contribution >= 0.6 is 0 Å². The minimum Gasteiger partial charge on any atom is -0.504 e. The van der Waals surface area contributed by atoms with Gasteiger partial charge in [-0.15, -0.1) is 0 Å². The number of hydrogen-bond donors (Lipinski definition) is 2. The Bertz CT molecular complexity index is 1030. The molecule has 2 N–H and O–H groups in total. The topological polar surface area (TPSA) is 73.9 Å². The van der Waals surface area contributed by atoms with Crippen LogP contribution in [0.25, 0.3) is 22.3 Å². The zero-order valence-electron chi connectivity index (χ0n) is 16.0. The number of phenols is 2. The van der Waals surface area contributed by atoms with Gasteiger partial charge in [0.2, 0.25) is 5.75 Å². The molecule has 4 rings (SSSR count). The molecule has 0 spiro atoms. The molecular weight excluding hydrogens is 354 g/mol. The summed E-state index contributed by atoms with van der Waals surface area (Å²) in [5, 5.41) is 20.0. The van der Waals surface area contributed by atoms with Crippen molar-refractivity contribution >= 4 is 16.7 Å². The van der Waals surface area contributed by atoms with Gasteiger partial charge in [0.15, 0.2) is 16.8 Å². The van der Waals surface area contributed by atoms with Gasteiger partial charge in [-0.25, -0.2) is 0 Å². The summed E-state index contributed by atoms with van der Waals surface area (Å²) >= 11 is 0. The molecule has 1 aliphatic rings. The molecule has 28 heavy (non-hydrogen) atoms. The van der Waals surface area contributed by atoms with Crippen molar-refractivity contribution in [1.29, 1.82) is 0 Å². The highest BCUT2D eigenvalue weighted by Crippen LogP contribution is 2.35. The number of anilines is 1. The van der Waals surface area contributed by atoms with Crippen LogP contribution in [-0.2, 0) is 0 Å². The fourth-order valence-electron chi connectivity index (χ4n) is 4.06. The molecule has 5 heteroatoms. The van der Waals surface area contributed by atoms with Gasteiger partial charge >= 0.3 is 0 Å². The van der Waals surface area contributed by atoms with Crippen LogP contribution in [0.15, 0.2) is 51.7 Å². The van der Waals surface area contributed by atoms with E-state index < -0.39 is 5.75 Å². The van der Waals surface area contributed by atoms with E-state index in [4.69, 9.17) is 4.42 Å². The summed E-state index contributed by atoms with van der Waals surface area (Å²) in [4.78, 5) is 14.8. The molecule has 1 fully saturated rings. The number of nitrogens with zero attached hydrogens (tertiary/aromatic N) is 1. The summed E-state index contributed by atoms with van der Waals surface area (Å²) in [5.74, 6) is 0.487. The Morgan fingerprint density at radius 2 is 1.79 bits per heavy atom. The molecule has 0 atom stereocenters. The Labute approximate surface area is 163 Å². The number of fused-ring (bicyclic) bond motifs is 1. The van der Waals surface area contributed by atoms with Crippen LogP contribution in [0.5, 0.6) is 11.5 Å². The maximum absolute atomic E-state index is 12.4. The Morgan fingerprint density at radius 3 is 2.46 bits per heavy atom. The second-order valence-electron chi connectivity index (χ2n) is 7.55. The maximum Gasteiger partial charge on any atom is 0.201 e. The van der Waals surface area contributed by atoms with E-state index in [0.29, 0.717) is 5.76 Å². The highest BCUT2D eigenvalue weighted by Gasteiger charge is 2.19. The smallest absolute Gasteiger partial charge is 0.201 e. The second kappa shape index (κ2) is 7.58. The molecule has 5 nitrogen and oxygen atoms in total. The van der Waals surface area contributed by atoms with Crippen LogP contribution in [0.2, 0.25) is 0 Å². The maximum atomic E-state index is 12.4. The van der Waals surface area contributed by atoms with E-state index in [2.05, 4.69) is 11.8 Å². The van der Waals surface area contributed by atoms with E-state index in [1.165, 1.54) is 49.6 Å². The van der Waals surface area contributed by atoms with Crippen LogP contribution in [0.3, 0.4) is 0 Å². The minimum atomic E-state index is -0.414. The summed E-state index contributed by atoms with van der Waals surface area (Å²) < 4.78 is 5.74. The third-order valence-electron chi connectivity index (χ3n) is 5.68. The van der Waals surface area contributed by atoms with Crippen molar-refractivity contribution in [2.24, 2.45) is 5.92 Å². The number of hydrogen-bond acceptors (Lipinski definition) is 5. The van der Waals surface area contributed by atoms with Gasteiger partial charge in [0, 0.05) is 30.4 Å². The third-order valence-corrected chi connectivity index (χ3v) is 5.68. The lowest BCUT2D eigenvalue weighted by Gasteiger charge is -2.33. The first-order valence-electron chi connectivity index (χ1n) is 9.91. The van der Waals surface area contributed by atoms with E-state index in [9.17, 15) is 15.0 Å². The normalized spacial score (nSPS) is 15.2. The summed E-state index contributed by atoms with van der Waals surface area (Å²) in [6.45, 7) is 4.39. The largest absolute Gasteiger partial charge is 0.504 e. The molecule has 146 valence electrons. The monoisotopic (exact) mass is 379 g/mol. The Balaban J connectivity index is 1.59. The van der Waals surface area contributed by atoms with Crippen LogP contribution in [0, 0.1) is 5.92 Å². The number of piperidine rings is 1. The van der Waals surface area contributed by atoms with Crippen LogP contribution in [-0.4, -0.2) is 23.3 Å². The Hall–Kier alpha value is -2.95. The van der Waals surface area contributed by atoms with Gasteiger partial charge in [-0.3, -0.25) is 4.79 Å². The van der Waals surface area contributed by atoms with Gasteiger partial charge in [-0.05, 0) is 55.2 Å². The molecule has 2 aromatic carbocycles. The van der Waals surface area contributed by atoms with Crippen molar-refractivity contribution in [2.75, 3.05) is 18.0 Å². The van der Waals surface area contributed by atoms with Crippen LogP contribution < -0.4 is 10.3 Å². The molecule has 0 radical (unpaired) electrons. The van der Waals surface area contributed by atoms with Gasteiger partial charge in [0.25, 0.3) is 0 Å². The van der Waals surface area contributed by atoms with Crippen molar-refractivity contribution in [2.45, 2.75) is 32.6 Å². The fourth-order valence-corrected chi connectivity index (χ4v) is 4.06. The van der Waals surface area contributed by atoms with Gasteiger partial charge < -0.3 is 19.5 Å². The molecule has 1 aliphatic heterocycles.